The van der Waals surface area contributed by atoms with Crippen molar-refractivity contribution in [3.63, 3.8) is 0 Å². The molecule has 0 amide bonds. The minimum Gasteiger partial charge on any atom is -0.310 e. The summed E-state index contributed by atoms with van der Waals surface area (Å²) in [5.41, 5.74) is 16.5. The first-order valence-electron chi connectivity index (χ1n) is 26.6. The van der Waals surface area contributed by atoms with E-state index in [0.29, 0.717) is 0 Å². The minimum atomic E-state index is 1.01. The molecule has 0 bridgehead atoms. The molecule has 78 heavy (non-hydrogen) atoms. The van der Waals surface area contributed by atoms with Crippen molar-refractivity contribution >= 4 is 104 Å². The summed E-state index contributed by atoms with van der Waals surface area (Å²) < 4.78 is 2.61. The largest absolute Gasteiger partial charge is 0.310 e. The lowest BCUT2D eigenvalue weighted by Crippen LogP contribution is -2.16. The molecule has 0 spiro atoms. The number of hydrogen-bond donors (Lipinski definition) is 0. The second-order valence-electron chi connectivity index (χ2n) is 19.8. The predicted molar refractivity (Wildman–Crippen MR) is 335 cm³/mol. The van der Waals surface area contributed by atoms with Gasteiger partial charge in [-0.2, -0.15) is 0 Å². The summed E-state index contributed by atoms with van der Waals surface area (Å²) in [7, 11) is 0. The van der Waals surface area contributed by atoms with Crippen LogP contribution in [0.4, 0.5) is 51.2 Å². The van der Waals surface area contributed by atoms with Crippen molar-refractivity contribution in [2.24, 2.45) is 0 Å². The van der Waals surface area contributed by atoms with Crippen LogP contribution in [0.3, 0.4) is 0 Å². The average Bonchev–Trinajstić information content (AvgIpc) is 3.98. The Balaban J connectivity index is 0.947. The third-order valence-electron chi connectivity index (χ3n) is 15.0. The van der Waals surface area contributed by atoms with Crippen LogP contribution < -0.4 is 14.7 Å². The molecule has 1 aromatic heterocycles. The van der Waals surface area contributed by atoms with Crippen molar-refractivity contribution in [2.45, 2.75) is 0 Å². The molecule has 0 saturated heterocycles. The summed E-state index contributed by atoms with van der Waals surface area (Å²) >= 11 is 1.87. The summed E-state index contributed by atoms with van der Waals surface area (Å²) in [6.07, 6.45) is 0. The second-order valence-corrected chi connectivity index (χ2v) is 20.8. The van der Waals surface area contributed by atoms with Gasteiger partial charge in [0, 0.05) is 54.3 Å². The van der Waals surface area contributed by atoms with Crippen LogP contribution in [-0.2, 0) is 0 Å². The molecular weight excluding hydrogens is 963 g/mol. The Hall–Kier alpha value is -10.0. The molecule has 0 aliphatic carbocycles. The van der Waals surface area contributed by atoms with Crippen LogP contribution in [-0.4, -0.2) is 0 Å². The van der Waals surface area contributed by atoms with Crippen LogP contribution in [0.25, 0.3) is 75.1 Å². The highest BCUT2D eigenvalue weighted by atomic mass is 32.1. The molecule has 0 radical (unpaired) electrons. The summed E-state index contributed by atoms with van der Waals surface area (Å²) in [6.45, 7) is 0. The zero-order chi connectivity index (χ0) is 51.8. The van der Waals surface area contributed by atoms with E-state index in [0.717, 1.165) is 62.3 Å². The van der Waals surface area contributed by atoms with Crippen LogP contribution in [0.2, 0.25) is 0 Å². The average molecular weight is 1010 g/mol. The van der Waals surface area contributed by atoms with Crippen LogP contribution in [0, 0.1) is 0 Å². The number of rotatable bonds is 12. The molecule has 13 aromatic carbocycles. The maximum Gasteiger partial charge on any atom is 0.0503 e. The third kappa shape index (κ3) is 8.90. The molecule has 0 unspecified atom stereocenters. The SMILES string of the molecule is c1ccc(N(c2ccc(-c3ccc4ccccc4c3)cc2)c2cc(N(c3ccccc3)c3ccc(-c4ccc5ccccc5c4)cc3)cc(N(c3ccccc3)c3ccc(-c4cccc5c4sc4ccccc45)cc3)c2)cc1. The number of benzene rings is 13. The molecular formula is C74H51N3S. The second kappa shape index (κ2) is 20.3. The van der Waals surface area contributed by atoms with E-state index in [2.05, 4.69) is 324 Å². The van der Waals surface area contributed by atoms with E-state index in [-0.39, 0.29) is 0 Å². The first-order valence-corrected chi connectivity index (χ1v) is 27.4. The van der Waals surface area contributed by atoms with Gasteiger partial charge in [-0.05, 0) is 164 Å². The number of anilines is 9. The number of thiophene rings is 1. The minimum absolute atomic E-state index is 1.01. The molecule has 0 atom stereocenters. The Morgan fingerprint density at radius 3 is 1.00 bits per heavy atom. The summed E-state index contributed by atoms with van der Waals surface area (Å²) in [6, 6.07) is 113. The molecule has 0 N–H and O–H groups in total. The highest BCUT2D eigenvalue weighted by molar-refractivity contribution is 7.26. The van der Waals surface area contributed by atoms with Crippen LogP contribution in [0.5, 0.6) is 0 Å². The number of hydrogen-bond acceptors (Lipinski definition) is 4. The fourth-order valence-electron chi connectivity index (χ4n) is 11.1. The molecule has 4 heteroatoms. The maximum atomic E-state index is 2.40. The first kappa shape index (κ1) is 46.5. The fourth-order valence-corrected chi connectivity index (χ4v) is 12.4. The van der Waals surface area contributed by atoms with Gasteiger partial charge in [0.15, 0.2) is 0 Å². The summed E-state index contributed by atoms with van der Waals surface area (Å²) in [4.78, 5) is 7.18. The highest BCUT2D eigenvalue weighted by Gasteiger charge is 2.23. The lowest BCUT2D eigenvalue weighted by molar-refractivity contribution is 1.22. The topological polar surface area (TPSA) is 9.72 Å². The van der Waals surface area contributed by atoms with E-state index in [9.17, 15) is 0 Å². The van der Waals surface area contributed by atoms with Crippen molar-refractivity contribution in [3.05, 3.63) is 309 Å². The Bertz CT molecular complexity index is 4240. The van der Waals surface area contributed by atoms with Crippen LogP contribution >= 0.6 is 11.3 Å². The number of fused-ring (bicyclic) bond motifs is 5. The smallest absolute Gasteiger partial charge is 0.0503 e. The van der Waals surface area contributed by atoms with E-state index in [1.165, 1.54) is 64.0 Å². The lowest BCUT2D eigenvalue weighted by Gasteiger charge is -2.33. The Kier molecular flexibility index (Phi) is 12.1. The van der Waals surface area contributed by atoms with Crippen LogP contribution in [0.15, 0.2) is 309 Å². The van der Waals surface area contributed by atoms with Gasteiger partial charge in [0.25, 0.3) is 0 Å². The van der Waals surface area contributed by atoms with E-state index in [4.69, 9.17) is 0 Å². The van der Waals surface area contributed by atoms with Gasteiger partial charge in [0.1, 0.15) is 0 Å². The van der Waals surface area contributed by atoms with Gasteiger partial charge in [-0.25, -0.2) is 0 Å². The van der Waals surface area contributed by atoms with E-state index in [1.807, 2.05) is 11.3 Å². The third-order valence-corrected chi connectivity index (χ3v) is 16.2. The zero-order valence-corrected chi connectivity index (χ0v) is 43.5. The Morgan fingerprint density at radius 1 is 0.205 bits per heavy atom. The standard InChI is InChI=1S/C74H51N3S/c1-4-21-61(22-5-1)75(64-41-35-54(36-42-64)59-33-31-52-17-10-12-19-57(52)47-59)67-49-68(76(62-23-6-2-7-24-62)65-43-37-55(38-44-65)60-34-32-53-18-11-13-20-58(53)48-60)51-69(50-67)77(63-25-8-3-9-26-63)66-45-39-56(40-46-66)70-28-16-29-72-71-27-14-15-30-73(71)78-74(70)72/h1-51H. The summed E-state index contributed by atoms with van der Waals surface area (Å²) in [5.74, 6) is 0. The molecule has 0 aliphatic heterocycles. The molecule has 0 saturated carbocycles. The van der Waals surface area contributed by atoms with Crippen molar-refractivity contribution in [1.82, 2.24) is 0 Å². The van der Waals surface area contributed by atoms with Crippen molar-refractivity contribution in [2.75, 3.05) is 14.7 Å². The van der Waals surface area contributed by atoms with Gasteiger partial charge in [0.2, 0.25) is 0 Å². The van der Waals surface area contributed by atoms with Gasteiger partial charge in [-0.15, -0.1) is 11.3 Å². The monoisotopic (exact) mass is 1010 g/mol. The zero-order valence-electron chi connectivity index (χ0n) is 42.7. The first-order chi connectivity index (χ1) is 38.6. The number of nitrogens with zero attached hydrogens (tertiary/aromatic N) is 3. The quantitative estimate of drug-likeness (QED) is 0.121. The molecule has 1 heterocycles. The van der Waals surface area contributed by atoms with Gasteiger partial charge < -0.3 is 14.7 Å². The molecule has 14 rings (SSSR count). The van der Waals surface area contributed by atoms with E-state index in [1.54, 1.807) is 0 Å². The lowest BCUT2D eigenvalue weighted by atomic mass is 10.0. The van der Waals surface area contributed by atoms with Crippen molar-refractivity contribution < 1.29 is 0 Å². The van der Waals surface area contributed by atoms with Gasteiger partial charge in [-0.1, -0.05) is 200 Å². The van der Waals surface area contributed by atoms with Crippen molar-refractivity contribution in [1.29, 1.82) is 0 Å². The normalized spacial score (nSPS) is 11.3. The van der Waals surface area contributed by atoms with Crippen LogP contribution in [0.1, 0.15) is 0 Å². The molecule has 14 aromatic rings. The van der Waals surface area contributed by atoms with Gasteiger partial charge >= 0.3 is 0 Å². The van der Waals surface area contributed by atoms with E-state index < -0.39 is 0 Å². The van der Waals surface area contributed by atoms with E-state index >= 15 is 0 Å². The summed E-state index contributed by atoms with van der Waals surface area (Å²) in [5, 5.41) is 7.53. The molecule has 3 nitrogen and oxygen atoms in total. The molecule has 368 valence electrons. The fraction of sp³-hybridized carbons (Fsp3) is 0. The maximum absolute atomic E-state index is 2.40. The number of para-hydroxylation sites is 3. The van der Waals surface area contributed by atoms with Gasteiger partial charge in [-0.3, -0.25) is 0 Å². The Morgan fingerprint density at radius 2 is 0.551 bits per heavy atom. The highest BCUT2D eigenvalue weighted by Crippen LogP contribution is 2.47. The Labute approximate surface area is 459 Å². The van der Waals surface area contributed by atoms with Gasteiger partial charge in [0.05, 0.1) is 17.1 Å². The molecule has 0 aliphatic rings. The predicted octanol–water partition coefficient (Wildman–Crippen LogP) is 21.8. The van der Waals surface area contributed by atoms with Crippen molar-refractivity contribution in [3.8, 4) is 33.4 Å². The molecule has 0 fully saturated rings.